The van der Waals surface area contributed by atoms with Crippen LogP contribution in [0.5, 0.6) is 0 Å². The molecule has 0 saturated heterocycles. The lowest BCUT2D eigenvalue weighted by atomic mass is 9.86. The molecule has 0 spiro atoms. The Balaban J connectivity index is 1.76. The van der Waals surface area contributed by atoms with E-state index in [1.165, 1.54) is 18.3 Å². The average molecular weight is 603 g/mol. The van der Waals surface area contributed by atoms with Crippen LogP contribution >= 0.6 is 0 Å². The molecule has 0 aliphatic carbocycles. The van der Waals surface area contributed by atoms with Gasteiger partial charge in [0.05, 0.1) is 17.8 Å². The molecule has 0 saturated carbocycles. The molecule has 0 bridgehead atoms. The Hall–Kier alpha value is -4.48. The van der Waals surface area contributed by atoms with E-state index in [4.69, 9.17) is 5.73 Å². The van der Waals surface area contributed by atoms with E-state index in [-0.39, 0.29) is 35.4 Å². The normalized spacial score (nSPS) is 12.8. The summed E-state index contributed by atoms with van der Waals surface area (Å²) in [7, 11) is 0. The number of primary amides is 1. The largest absolute Gasteiger partial charge is 0.435 e. The highest BCUT2D eigenvalue weighted by molar-refractivity contribution is 5.94. The Morgan fingerprint density at radius 1 is 0.953 bits per heavy atom. The second kappa shape index (κ2) is 12.0. The number of hydrogen-bond acceptors (Lipinski definition) is 4. The summed E-state index contributed by atoms with van der Waals surface area (Å²) < 4.78 is 83.8. The van der Waals surface area contributed by atoms with Gasteiger partial charge in [0.1, 0.15) is 17.5 Å². The minimum absolute atomic E-state index is 0.0761. The van der Waals surface area contributed by atoms with Gasteiger partial charge in [-0.3, -0.25) is 19.3 Å². The summed E-state index contributed by atoms with van der Waals surface area (Å²) in [6, 6.07) is 10.7. The van der Waals surface area contributed by atoms with Crippen LogP contribution in [0.25, 0.3) is 11.1 Å². The van der Waals surface area contributed by atoms with Crippen LogP contribution in [0.15, 0.2) is 60.8 Å². The van der Waals surface area contributed by atoms with E-state index in [1.807, 2.05) is 0 Å². The van der Waals surface area contributed by atoms with Crippen LogP contribution in [0.3, 0.4) is 0 Å². The molecule has 0 aliphatic heterocycles. The Labute approximate surface area is 243 Å². The monoisotopic (exact) mass is 602 g/mol. The zero-order valence-corrected chi connectivity index (χ0v) is 23.5. The van der Waals surface area contributed by atoms with Crippen molar-refractivity contribution in [1.82, 2.24) is 14.8 Å². The Kier molecular flexibility index (Phi) is 8.79. The predicted octanol–water partition coefficient (Wildman–Crippen LogP) is 6.76. The number of rotatable bonds is 9. The number of nitrogens with two attached hydrogens (primary N) is 1. The highest BCUT2D eigenvalue weighted by Gasteiger charge is 2.37. The number of benzene rings is 2. The van der Waals surface area contributed by atoms with Gasteiger partial charge in [-0.05, 0) is 53.9 Å². The van der Waals surface area contributed by atoms with E-state index >= 15 is 0 Å². The lowest BCUT2D eigenvalue weighted by Crippen LogP contribution is -2.23. The number of Topliss-reactive ketones (excluding diaryl/α,β-unsaturated/α-hetero) is 1. The number of hydrogen-bond donors (Lipinski definition) is 1. The summed E-state index contributed by atoms with van der Waals surface area (Å²) in [5.74, 6) is -4.86. The van der Waals surface area contributed by atoms with Gasteiger partial charge in [0.15, 0.2) is 11.5 Å². The molecule has 6 nitrogen and oxygen atoms in total. The van der Waals surface area contributed by atoms with Gasteiger partial charge in [-0.25, -0.2) is 13.2 Å². The summed E-state index contributed by atoms with van der Waals surface area (Å²) in [6.45, 7) is 4.57. The third kappa shape index (κ3) is 7.49. The summed E-state index contributed by atoms with van der Waals surface area (Å²) >= 11 is 0. The molecule has 2 N–H and O–H groups in total. The molecule has 0 radical (unpaired) electrons. The first-order valence-electron chi connectivity index (χ1n) is 13.2. The van der Waals surface area contributed by atoms with Gasteiger partial charge in [0.2, 0.25) is 0 Å². The molecule has 0 fully saturated rings. The highest BCUT2D eigenvalue weighted by Crippen LogP contribution is 2.35. The van der Waals surface area contributed by atoms with Crippen LogP contribution in [-0.2, 0) is 29.4 Å². The fourth-order valence-corrected chi connectivity index (χ4v) is 4.93. The topological polar surface area (TPSA) is 90.9 Å². The lowest BCUT2D eigenvalue weighted by molar-refractivity contribution is -0.141. The van der Waals surface area contributed by atoms with Crippen molar-refractivity contribution in [3.05, 3.63) is 106 Å². The maximum Gasteiger partial charge on any atom is 0.435 e. The minimum Gasteiger partial charge on any atom is -0.366 e. The quantitative estimate of drug-likeness (QED) is 0.214. The molecular weight excluding hydrogens is 574 g/mol. The summed E-state index contributed by atoms with van der Waals surface area (Å²) in [4.78, 5) is 29.7. The van der Waals surface area contributed by atoms with E-state index in [0.29, 0.717) is 17.2 Å². The Morgan fingerprint density at radius 3 is 2.23 bits per heavy atom. The van der Waals surface area contributed by atoms with Crippen molar-refractivity contribution in [2.75, 3.05) is 0 Å². The standard InChI is InChI=1S/C31H28F6N4O2/c1-30(2,3)27-15-26(31(35,36)37)40-41(27)16-22(42)12-19(9-17-10-20(32)14-21(33)11-17)28-23(5-4-8-39-28)18-6-7-25(34)24(13-18)29(38)43/h4-8,10-11,13-15,19H,9,12,16H2,1-3H3,(H2,38,43)/t19-/m1/s1. The first kappa shape index (κ1) is 31.5. The van der Waals surface area contributed by atoms with Crippen LogP contribution in [0.1, 0.15) is 66.1 Å². The number of nitrogens with zero attached hydrogens (tertiary/aromatic N) is 3. The number of alkyl halides is 3. The van der Waals surface area contributed by atoms with E-state index in [2.05, 4.69) is 10.1 Å². The van der Waals surface area contributed by atoms with Gasteiger partial charge >= 0.3 is 6.18 Å². The number of carbonyl (C=O) groups is 2. The van der Waals surface area contributed by atoms with Gasteiger partial charge in [0.25, 0.3) is 5.91 Å². The number of amides is 1. The van der Waals surface area contributed by atoms with Crippen molar-refractivity contribution < 1.29 is 35.9 Å². The van der Waals surface area contributed by atoms with Crippen LogP contribution in [0.4, 0.5) is 26.3 Å². The Bertz CT molecular complexity index is 1650. The molecule has 2 aromatic carbocycles. The minimum atomic E-state index is -4.72. The smallest absolute Gasteiger partial charge is 0.366 e. The summed E-state index contributed by atoms with van der Waals surface area (Å²) in [6.07, 6.45) is -3.66. The average Bonchev–Trinajstić information content (AvgIpc) is 3.33. The van der Waals surface area contributed by atoms with Gasteiger partial charge in [0, 0.05) is 41.3 Å². The van der Waals surface area contributed by atoms with E-state index in [0.717, 1.165) is 28.9 Å². The fourth-order valence-electron chi connectivity index (χ4n) is 4.93. The predicted molar refractivity (Wildman–Crippen MR) is 147 cm³/mol. The summed E-state index contributed by atoms with van der Waals surface area (Å²) in [5.41, 5.74) is 4.46. The molecule has 226 valence electrons. The molecular formula is C31H28F6N4O2. The van der Waals surface area contributed by atoms with Gasteiger partial charge in [-0.1, -0.05) is 32.9 Å². The molecule has 0 unspecified atom stereocenters. The lowest BCUT2D eigenvalue weighted by Gasteiger charge is -2.22. The van der Waals surface area contributed by atoms with E-state index < -0.39 is 58.9 Å². The van der Waals surface area contributed by atoms with Gasteiger partial charge < -0.3 is 5.73 Å². The molecule has 43 heavy (non-hydrogen) atoms. The first-order chi connectivity index (χ1) is 20.0. The second-order valence-corrected chi connectivity index (χ2v) is 11.2. The highest BCUT2D eigenvalue weighted by atomic mass is 19.4. The third-order valence-electron chi connectivity index (χ3n) is 6.81. The molecule has 12 heteroatoms. The van der Waals surface area contributed by atoms with Crippen LogP contribution in [-0.4, -0.2) is 26.5 Å². The number of carbonyl (C=O) groups excluding carboxylic acids is 2. The van der Waals surface area contributed by atoms with Gasteiger partial charge in [-0.2, -0.15) is 18.3 Å². The van der Waals surface area contributed by atoms with Crippen molar-refractivity contribution in [2.45, 2.75) is 57.7 Å². The summed E-state index contributed by atoms with van der Waals surface area (Å²) in [5, 5.41) is 3.65. The molecule has 4 aromatic rings. The SMILES string of the molecule is CC(C)(C)c1cc(C(F)(F)F)nn1CC(=O)C[C@@H](Cc1cc(F)cc(F)c1)c1ncccc1-c1ccc(F)c(C(N)=O)c1. The zero-order chi connectivity index (χ0) is 31.7. The van der Waals surface area contributed by atoms with Crippen LogP contribution < -0.4 is 5.73 Å². The van der Waals surface area contributed by atoms with Crippen molar-refractivity contribution in [3.63, 3.8) is 0 Å². The third-order valence-corrected chi connectivity index (χ3v) is 6.81. The Morgan fingerprint density at radius 2 is 1.63 bits per heavy atom. The van der Waals surface area contributed by atoms with Crippen molar-refractivity contribution in [3.8, 4) is 11.1 Å². The zero-order valence-electron chi connectivity index (χ0n) is 23.5. The van der Waals surface area contributed by atoms with E-state index in [9.17, 15) is 35.9 Å². The maximum absolute atomic E-state index is 14.2. The number of ketones is 1. The number of aromatic nitrogens is 3. The molecule has 0 aliphatic rings. The first-order valence-corrected chi connectivity index (χ1v) is 13.2. The van der Waals surface area contributed by atoms with Crippen molar-refractivity contribution in [1.29, 1.82) is 0 Å². The van der Waals surface area contributed by atoms with Crippen molar-refractivity contribution in [2.24, 2.45) is 5.73 Å². The molecule has 1 atom stereocenters. The molecule has 2 aromatic heterocycles. The van der Waals surface area contributed by atoms with Crippen LogP contribution in [0, 0.1) is 17.5 Å². The molecule has 4 rings (SSSR count). The van der Waals surface area contributed by atoms with Gasteiger partial charge in [-0.15, -0.1) is 0 Å². The maximum atomic E-state index is 14.2. The van der Waals surface area contributed by atoms with Crippen LogP contribution in [0.2, 0.25) is 0 Å². The fraction of sp³-hybridized carbons (Fsp3) is 0.290. The molecule has 1 amide bonds. The second-order valence-electron chi connectivity index (χ2n) is 11.2. The van der Waals surface area contributed by atoms with E-state index in [1.54, 1.807) is 32.9 Å². The number of halogens is 6. The van der Waals surface area contributed by atoms with Crippen molar-refractivity contribution >= 4 is 11.7 Å². The molecule has 2 heterocycles. The number of pyridine rings is 1.